The zero-order valence-electron chi connectivity index (χ0n) is 12.9. The highest BCUT2D eigenvalue weighted by atomic mass is 16.5. The summed E-state index contributed by atoms with van der Waals surface area (Å²) in [7, 11) is 4.13. The number of aryl methyl sites for hydroxylation is 1. The molecule has 2 aromatic carbocycles. The minimum atomic E-state index is 0.221. The third-order valence-corrected chi connectivity index (χ3v) is 4.03. The molecule has 21 heavy (non-hydrogen) atoms. The molecule has 1 heterocycles. The number of ether oxygens (including phenoxy) is 1. The second-order valence-corrected chi connectivity index (χ2v) is 5.80. The molecule has 2 aromatic rings. The first-order valence-electron chi connectivity index (χ1n) is 7.35. The molecule has 0 radical (unpaired) electrons. The molecular formula is C18H22N2O. The number of rotatable bonds is 3. The quantitative estimate of drug-likeness (QED) is 0.928. The average molecular weight is 282 g/mol. The summed E-state index contributed by atoms with van der Waals surface area (Å²) in [4.78, 5) is 2.12. The SMILES string of the molecule is Cc1cc(N(C)C)ccc1NC1COCc2ccccc21. The molecule has 0 aromatic heterocycles. The number of fused-ring (bicyclic) bond motifs is 1. The molecule has 0 bridgehead atoms. The lowest BCUT2D eigenvalue weighted by atomic mass is 9.98. The molecule has 3 rings (SSSR count). The van der Waals surface area contributed by atoms with Gasteiger partial charge < -0.3 is 15.0 Å². The van der Waals surface area contributed by atoms with Crippen molar-refractivity contribution in [3.8, 4) is 0 Å². The van der Waals surface area contributed by atoms with Crippen molar-refractivity contribution < 1.29 is 4.74 Å². The van der Waals surface area contributed by atoms with E-state index in [1.54, 1.807) is 0 Å². The van der Waals surface area contributed by atoms with Crippen LogP contribution in [0.15, 0.2) is 42.5 Å². The Balaban J connectivity index is 1.85. The molecule has 1 atom stereocenters. The van der Waals surface area contributed by atoms with E-state index in [9.17, 15) is 0 Å². The van der Waals surface area contributed by atoms with Gasteiger partial charge in [-0.2, -0.15) is 0 Å². The van der Waals surface area contributed by atoms with Crippen LogP contribution in [0.5, 0.6) is 0 Å². The van der Waals surface area contributed by atoms with Gasteiger partial charge in [-0.05, 0) is 41.8 Å². The van der Waals surface area contributed by atoms with Crippen molar-refractivity contribution >= 4 is 11.4 Å². The molecular weight excluding hydrogens is 260 g/mol. The molecule has 1 aliphatic heterocycles. The second-order valence-electron chi connectivity index (χ2n) is 5.80. The minimum Gasteiger partial charge on any atom is -0.378 e. The van der Waals surface area contributed by atoms with Crippen molar-refractivity contribution in [2.24, 2.45) is 0 Å². The first-order chi connectivity index (χ1) is 10.1. The van der Waals surface area contributed by atoms with Crippen LogP contribution >= 0.6 is 0 Å². The van der Waals surface area contributed by atoms with Gasteiger partial charge in [0.2, 0.25) is 0 Å². The van der Waals surface area contributed by atoms with E-state index in [-0.39, 0.29) is 6.04 Å². The standard InChI is InChI=1S/C18H22N2O/c1-13-10-15(20(2)3)8-9-17(13)19-18-12-21-11-14-6-4-5-7-16(14)18/h4-10,18-19H,11-12H2,1-3H3. The van der Waals surface area contributed by atoms with E-state index in [4.69, 9.17) is 4.74 Å². The lowest BCUT2D eigenvalue weighted by Gasteiger charge is -2.28. The monoisotopic (exact) mass is 282 g/mol. The number of hydrogen-bond acceptors (Lipinski definition) is 3. The molecule has 3 nitrogen and oxygen atoms in total. The molecule has 0 saturated carbocycles. The van der Waals surface area contributed by atoms with Crippen molar-refractivity contribution in [2.75, 3.05) is 30.9 Å². The third-order valence-electron chi connectivity index (χ3n) is 4.03. The smallest absolute Gasteiger partial charge is 0.0751 e. The minimum absolute atomic E-state index is 0.221. The van der Waals surface area contributed by atoms with E-state index in [1.807, 2.05) is 0 Å². The van der Waals surface area contributed by atoms with Gasteiger partial charge in [0.25, 0.3) is 0 Å². The van der Waals surface area contributed by atoms with Crippen LogP contribution in [0.3, 0.4) is 0 Å². The largest absolute Gasteiger partial charge is 0.378 e. The number of hydrogen-bond donors (Lipinski definition) is 1. The zero-order chi connectivity index (χ0) is 14.8. The van der Waals surface area contributed by atoms with Crippen molar-refractivity contribution in [3.05, 3.63) is 59.2 Å². The van der Waals surface area contributed by atoms with E-state index < -0.39 is 0 Å². The third kappa shape index (κ3) is 2.88. The Morgan fingerprint density at radius 1 is 1.14 bits per heavy atom. The van der Waals surface area contributed by atoms with Gasteiger partial charge in [-0.15, -0.1) is 0 Å². The molecule has 0 aliphatic carbocycles. The average Bonchev–Trinajstić information content (AvgIpc) is 2.49. The van der Waals surface area contributed by atoms with Crippen molar-refractivity contribution in [1.29, 1.82) is 0 Å². The van der Waals surface area contributed by atoms with Gasteiger partial charge >= 0.3 is 0 Å². The topological polar surface area (TPSA) is 24.5 Å². The predicted molar refractivity (Wildman–Crippen MR) is 88.0 cm³/mol. The zero-order valence-corrected chi connectivity index (χ0v) is 12.9. The van der Waals surface area contributed by atoms with Gasteiger partial charge in [0.15, 0.2) is 0 Å². The maximum atomic E-state index is 5.71. The Morgan fingerprint density at radius 2 is 1.95 bits per heavy atom. The fourth-order valence-corrected chi connectivity index (χ4v) is 2.78. The second kappa shape index (κ2) is 5.78. The molecule has 0 spiro atoms. The van der Waals surface area contributed by atoms with Crippen LogP contribution in [0, 0.1) is 6.92 Å². The van der Waals surface area contributed by atoms with E-state index in [0.29, 0.717) is 13.2 Å². The summed E-state index contributed by atoms with van der Waals surface area (Å²) >= 11 is 0. The number of anilines is 2. The van der Waals surface area contributed by atoms with Gasteiger partial charge in [-0.3, -0.25) is 0 Å². The Bertz CT molecular complexity index is 637. The number of nitrogens with one attached hydrogen (secondary N) is 1. The molecule has 0 saturated heterocycles. The maximum absolute atomic E-state index is 5.71. The summed E-state index contributed by atoms with van der Waals surface area (Å²) in [6.45, 7) is 3.57. The molecule has 0 amide bonds. The van der Waals surface area contributed by atoms with Gasteiger partial charge in [-0.25, -0.2) is 0 Å². The predicted octanol–water partition coefficient (Wildman–Crippen LogP) is 3.74. The van der Waals surface area contributed by atoms with Crippen molar-refractivity contribution in [2.45, 2.75) is 19.6 Å². The lowest BCUT2D eigenvalue weighted by molar-refractivity contribution is 0.0970. The van der Waals surface area contributed by atoms with Crippen molar-refractivity contribution in [3.63, 3.8) is 0 Å². The summed E-state index contributed by atoms with van der Waals surface area (Å²) in [6, 6.07) is 15.2. The first-order valence-corrected chi connectivity index (χ1v) is 7.35. The molecule has 110 valence electrons. The molecule has 3 heteroatoms. The Hall–Kier alpha value is -2.00. The first kappa shape index (κ1) is 14.0. The van der Waals surface area contributed by atoms with Crippen LogP contribution < -0.4 is 10.2 Å². The van der Waals surface area contributed by atoms with E-state index in [2.05, 4.69) is 73.7 Å². The van der Waals surface area contributed by atoms with E-state index in [0.717, 1.165) is 0 Å². The van der Waals surface area contributed by atoms with Crippen molar-refractivity contribution in [1.82, 2.24) is 0 Å². The summed E-state index contributed by atoms with van der Waals surface area (Å²) in [5, 5.41) is 3.63. The van der Waals surface area contributed by atoms with Gasteiger partial charge in [0.05, 0.1) is 19.3 Å². The highest BCUT2D eigenvalue weighted by molar-refractivity contribution is 5.60. The molecule has 1 unspecified atom stereocenters. The summed E-state index contributed by atoms with van der Waals surface area (Å²) in [5.41, 5.74) is 6.28. The van der Waals surface area contributed by atoms with Crippen LogP contribution in [-0.2, 0) is 11.3 Å². The van der Waals surface area contributed by atoms with Crippen LogP contribution in [0.4, 0.5) is 11.4 Å². The fourth-order valence-electron chi connectivity index (χ4n) is 2.78. The van der Waals surface area contributed by atoms with Gasteiger partial charge in [0, 0.05) is 25.5 Å². The van der Waals surface area contributed by atoms with E-state index in [1.165, 1.54) is 28.1 Å². The summed E-state index contributed by atoms with van der Waals surface area (Å²) in [6.07, 6.45) is 0. The number of benzene rings is 2. The Kier molecular flexibility index (Phi) is 3.84. The lowest BCUT2D eigenvalue weighted by Crippen LogP contribution is -2.23. The maximum Gasteiger partial charge on any atom is 0.0751 e. The Labute approximate surface area is 126 Å². The summed E-state index contributed by atoms with van der Waals surface area (Å²) in [5.74, 6) is 0. The van der Waals surface area contributed by atoms with Crippen LogP contribution in [0.1, 0.15) is 22.7 Å². The van der Waals surface area contributed by atoms with Crippen LogP contribution in [-0.4, -0.2) is 20.7 Å². The molecule has 1 N–H and O–H groups in total. The Morgan fingerprint density at radius 3 is 2.71 bits per heavy atom. The van der Waals surface area contributed by atoms with Crippen LogP contribution in [0.2, 0.25) is 0 Å². The van der Waals surface area contributed by atoms with Crippen LogP contribution in [0.25, 0.3) is 0 Å². The highest BCUT2D eigenvalue weighted by Gasteiger charge is 2.20. The van der Waals surface area contributed by atoms with Gasteiger partial charge in [0.1, 0.15) is 0 Å². The number of nitrogens with zero attached hydrogens (tertiary/aromatic N) is 1. The normalized spacial score (nSPS) is 17.2. The van der Waals surface area contributed by atoms with E-state index >= 15 is 0 Å². The van der Waals surface area contributed by atoms with Gasteiger partial charge in [-0.1, -0.05) is 24.3 Å². The summed E-state index contributed by atoms with van der Waals surface area (Å²) < 4.78 is 5.71. The molecule has 1 aliphatic rings. The highest BCUT2D eigenvalue weighted by Crippen LogP contribution is 2.30. The molecule has 0 fully saturated rings. The fraction of sp³-hybridized carbons (Fsp3) is 0.333.